The summed E-state index contributed by atoms with van der Waals surface area (Å²) < 4.78 is 6.87. The summed E-state index contributed by atoms with van der Waals surface area (Å²) in [6, 6.07) is 7.37. The number of imidazole rings is 1. The highest BCUT2D eigenvalue weighted by molar-refractivity contribution is 5.69. The van der Waals surface area contributed by atoms with E-state index in [1.807, 2.05) is 6.07 Å². The quantitative estimate of drug-likeness (QED) is 0.763. The maximum Gasteiger partial charge on any atom is 0.185 e. The largest absolute Gasteiger partial charge is 0.495 e. The summed E-state index contributed by atoms with van der Waals surface area (Å²) in [5.41, 5.74) is 1.43. The Balaban J connectivity index is 2.30. The van der Waals surface area contributed by atoms with Crippen LogP contribution < -0.4 is 4.74 Å². The molecule has 1 aromatic heterocycles. The van der Waals surface area contributed by atoms with E-state index in [0.29, 0.717) is 30.0 Å². The zero-order chi connectivity index (χ0) is 13.0. The Bertz CT molecular complexity index is 611. The molecule has 0 fully saturated rings. The number of carbonyl (C=O) groups is 1. The molecule has 2 aromatic rings. The van der Waals surface area contributed by atoms with Gasteiger partial charge in [0.05, 0.1) is 12.7 Å². The van der Waals surface area contributed by atoms with E-state index in [-0.39, 0.29) is 0 Å². The topological polar surface area (TPSA) is 67.9 Å². The van der Waals surface area contributed by atoms with Crippen LogP contribution in [0.2, 0.25) is 0 Å². The molecular formula is C13H11N3O2. The molecule has 5 nitrogen and oxygen atoms in total. The second-order valence-electron chi connectivity index (χ2n) is 3.68. The lowest BCUT2D eigenvalue weighted by Gasteiger charge is -2.08. The monoisotopic (exact) mass is 241 g/mol. The first-order valence-electron chi connectivity index (χ1n) is 5.32. The number of aldehydes is 1. The molecule has 0 aliphatic rings. The van der Waals surface area contributed by atoms with Gasteiger partial charge in [0.2, 0.25) is 0 Å². The first-order valence-corrected chi connectivity index (χ1v) is 5.32. The van der Waals surface area contributed by atoms with Crippen molar-refractivity contribution in [2.45, 2.75) is 6.54 Å². The molecule has 0 aliphatic carbocycles. The van der Waals surface area contributed by atoms with Gasteiger partial charge in [-0.15, -0.1) is 0 Å². The lowest BCUT2D eigenvalue weighted by atomic mass is 10.1. The normalized spacial score (nSPS) is 9.78. The molecule has 0 radical (unpaired) electrons. The van der Waals surface area contributed by atoms with Crippen LogP contribution in [0.4, 0.5) is 0 Å². The summed E-state index contributed by atoms with van der Waals surface area (Å²) in [6.07, 6.45) is 4.01. The predicted molar refractivity (Wildman–Crippen MR) is 64.4 cm³/mol. The summed E-state index contributed by atoms with van der Waals surface area (Å²) in [7, 11) is 1.52. The van der Waals surface area contributed by atoms with Crippen molar-refractivity contribution in [1.29, 1.82) is 5.26 Å². The summed E-state index contributed by atoms with van der Waals surface area (Å²) in [5.74, 6) is 0.904. The van der Waals surface area contributed by atoms with E-state index in [4.69, 9.17) is 10.00 Å². The van der Waals surface area contributed by atoms with E-state index in [0.717, 1.165) is 5.56 Å². The van der Waals surface area contributed by atoms with Crippen LogP contribution in [0.5, 0.6) is 5.75 Å². The fourth-order valence-electron chi connectivity index (χ4n) is 1.70. The zero-order valence-electron chi connectivity index (χ0n) is 9.83. The Hall–Kier alpha value is -2.61. The van der Waals surface area contributed by atoms with E-state index in [1.54, 1.807) is 29.1 Å². The van der Waals surface area contributed by atoms with E-state index in [2.05, 4.69) is 11.1 Å². The van der Waals surface area contributed by atoms with E-state index in [9.17, 15) is 4.79 Å². The third-order valence-corrected chi connectivity index (χ3v) is 2.59. The molecule has 0 unspecified atom stereocenters. The summed E-state index contributed by atoms with van der Waals surface area (Å²) in [6.45, 7) is 0.510. The number of hydrogen-bond donors (Lipinski definition) is 0. The van der Waals surface area contributed by atoms with Crippen molar-refractivity contribution in [3.63, 3.8) is 0 Å². The van der Waals surface area contributed by atoms with Crippen LogP contribution >= 0.6 is 0 Å². The van der Waals surface area contributed by atoms with Gasteiger partial charge in [-0.3, -0.25) is 4.79 Å². The molecule has 2 rings (SSSR count). The zero-order valence-corrected chi connectivity index (χ0v) is 9.83. The first kappa shape index (κ1) is 11.9. The minimum atomic E-state index is 0.373. The number of nitrogens with zero attached hydrogens (tertiary/aromatic N) is 3. The predicted octanol–water partition coefficient (Wildman–Crippen LogP) is 1.62. The standard InChI is InChI=1S/C13H11N3O2/c1-18-12-6-10(2-3-11(12)7-14)8-16-5-4-15-13(16)9-17/h2-6,9H,8H2,1H3. The van der Waals surface area contributed by atoms with Crippen molar-refractivity contribution in [2.75, 3.05) is 7.11 Å². The molecule has 90 valence electrons. The van der Waals surface area contributed by atoms with E-state index < -0.39 is 0 Å². The highest BCUT2D eigenvalue weighted by Gasteiger charge is 2.06. The fraction of sp³-hybridized carbons (Fsp3) is 0.154. The Kier molecular flexibility index (Phi) is 3.39. The molecule has 1 aromatic carbocycles. The molecule has 0 aliphatic heterocycles. The Morgan fingerprint density at radius 2 is 2.39 bits per heavy atom. The Morgan fingerprint density at radius 3 is 3.06 bits per heavy atom. The second kappa shape index (κ2) is 5.15. The van der Waals surface area contributed by atoms with Gasteiger partial charge in [-0.1, -0.05) is 6.07 Å². The fourth-order valence-corrected chi connectivity index (χ4v) is 1.70. The van der Waals surface area contributed by atoms with Gasteiger partial charge >= 0.3 is 0 Å². The smallest absolute Gasteiger partial charge is 0.185 e. The van der Waals surface area contributed by atoms with Crippen LogP contribution in [-0.2, 0) is 6.54 Å². The van der Waals surface area contributed by atoms with E-state index >= 15 is 0 Å². The van der Waals surface area contributed by atoms with Crippen molar-refractivity contribution in [2.24, 2.45) is 0 Å². The number of aromatic nitrogens is 2. The molecule has 0 atom stereocenters. The van der Waals surface area contributed by atoms with Gasteiger partial charge in [0, 0.05) is 18.9 Å². The molecular weight excluding hydrogens is 230 g/mol. The third kappa shape index (κ3) is 2.23. The van der Waals surface area contributed by atoms with Crippen molar-refractivity contribution >= 4 is 6.29 Å². The van der Waals surface area contributed by atoms with Crippen molar-refractivity contribution < 1.29 is 9.53 Å². The van der Waals surface area contributed by atoms with Gasteiger partial charge in [0.1, 0.15) is 11.8 Å². The molecule has 0 saturated carbocycles. The van der Waals surface area contributed by atoms with Crippen LogP contribution in [-0.4, -0.2) is 22.9 Å². The molecule has 0 N–H and O–H groups in total. The van der Waals surface area contributed by atoms with Crippen molar-refractivity contribution in [3.8, 4) is 11.8 Å². The van der Waals surface area contributed by atoms with Gasteiger partial charge < -0.3 is 9.30 Å². The highest BCUT2D eigenvalue weighted by Crippen LogP contribution is 2.20. The molecule has 5 heteroatoms. The lowest BCUT2D eigenvalue weighted by Crippen LogP contribution is -2.03. The summed E-state index contributed by atoms with van der Waals surface area (Å²) >= 11 is 0. The maximum atomic E-state index is 10.8. The molecule has 0 spiro atoms. The maximum absolute atomic E-state index is 10.8. The Labute approximate surface area is 104 Å². The Morgan fingerprint density at radius 1 is 1.56 bits per heavy atom. The molecule has 0 amide bonds. The lowest BCUT2D eigenvalue weighted by molar-refractivity contribution is 0.111. The van der Waals surface area contributed by atoms with Crippen LogP contribution in [0.25, 0.3) is 0 Å². The van der Waals surface area contributed by atoms with Crippen LogP contribution in [0.3, 0.4) is 0 Å². The third-order valence-electron chi connectivity index (χ3n) is 2.59. The number of nitriles is 1. The van der Waals surface area contributed by atoms with Crippen molar-refractivity contribution in [1.82, 2.24) is 9.55 Å². The minimum Gasteiger partial charge on any atom is -0.495 e. The number of carbonyl (C=O) groups excluding carboxylic acids is 1. The second-order valence-corrected chi connectivity index (χ2v) is 3.68. The van der Waals surface area contributed by atoms with Gasteiger partial charge in [-0.05, 0) is 17.7 Å². The molecule has 0 bridgehead atoms. The number of rotatable bonds is 4. The van der Waals surface area contributed by atoms with Crippen molar-refractivity contribution in [3.05, 3.63) is 47.5 Å². The minimum absolute atomic E-state index is 0.373. The first-order chi connectivity index (χ1) is 8.78. The van der Waals surface area contributed by atoms with Gasteiger partial charge in [-0.25, -0.2) is 4.98 Å². The average Bonchev–Trinajstić information content (AvgIpc) is 2.85. The van der Waals surface area contributed by atoms with Crippen LogP contribution in [0.15, 0.2) is 30.6 Å². The van der Waals surface area contributed by atoms with Gasteiger partial charge in [0.25, 0.3) is 0 Å². The SMILES string of the molecule is COc1cc(Cn2ccnc2C=O)ccc1C#N. The summed E-state index contributed by atoms with van der Waals surface area (Å²) in [4.78, 5) is 14.7. The number of benzene rings is 1. The summed E-state index contributed by atoms with van der Waals surface area (Å²) in [5, 5.41) is 8.89. The van der Waals surface area contributed by atoms with Crippen LogP contribution in [0.1, 0.15) is 21.7 Å². The molecule has 18 heavy (non-hydrogen) atoms. The molecule has 1 heterocycles. The highest BCUT2D eigenvalue weighted by atomic mass is 16.5. The average molecular weight is 241 g/mol. The number of hydrogen-bond acceptors (Lipinski definition) is 4. The van der Waals surface area contributed by atoms with Crippen LogP contribution in [0, 0.1) is 11.3 Å². The molecule has 0 saturated heterocycles. The van der Waals surface area contributed by atoms with Gasteiger partial charge in [0.15, 0.2) is 12.1 Å². The van der Waals surface area contributed by atoms with Gasteiger partial charge in [-0.2, -0.15) is 5.26 Å². The number of ether oxygens (including phenoxy) is 1. The number of methoxy groups -OCH3 is 1. The van der Waals surface area contributed by atoms with E-state index in [1.165, 1.54) is 7.11 Å².